The van der Waals surface area contributed by atoms with Crippen molar-refractivity contribution in [3.05, 3.63) is 59.2 Å². The molecule has 1 atom stereocenters. The SMILES string of the molecule is CCCCc1ccccc1P(=O)(O)Oc1cccc(C)c1C. The molecule has 2 rings (SSSR count). The summed E-state index contributed by atoms with van der Waals surface area (Å²) in [5, 5.41) is 0.407. The van der Waals surface area contributed by atoms with Gasteiger partial charge in [-0.05, 0) is 55.5 Å². The van der Waals surface area contributed by atoms with Gasteiger partial charge in [-0.1, -0.05) is 43.7 Å². The van der Waals surface area contributed by atoms with Crippen LogP contribution in [0.15, 0.2) is 42.5 Å². The zero-order valence-electron chi connectivity index (χ0n) is 13.4. The number of benzene rings is 2. The molecule has 0 aliphatic rings. The molecule has 0 saturated heterocycles. The molecule has 4 heteroatoms. The van der Waals surface area contributed by atoms with Gasteiger partial charge in [0.2, 0.25) is 0 Å². The molecule has 22 heavy (non-hydrogen) atoms. The van der Waals surface area contributed by atoms with Crippen LogP contribution in [0.2, 0.25) is 0 Å². The monoisotopic (exact) mass is 318 g/mol. The largest absolute Gasteiger partial charge is 0.421 e. The summed E-state index contributed by atoms with van der Waals surface area (Å²) in [5.74, 6) is 0.469. The first kappa shape index (κ1) is 16.8. The van der Waals surface area contributed by atoms with Gasteiger partial charge in [0.15, 0.2) is 0 Å². The van der Waals surface area contributed by atoms with Gasteiger partial charge in [0.25, 0.3) is 0 Å². The summed E-state index contributed by atoms with van der Waals surface area (Å²) in [6, 6.07) is 12.8. The predicted molar refractivity (Wildman–Crippen MR) is 91.1 cm³/mol. The van der Waals surface area contributed by atoms with E-state index in [-0.39, 0.29) is 0 Å². The molecule has 2 aromatic rings. The van der Waals surface area contributed by atoms with Crippen molar-refractivity contribution in [1.29, 1.82) is 0 Å². The Hall–Kier alpha value is -1.57. The van der Waals surface area contributed by atoms with Crippen molar-refractivity contribution in [1.82, 2.24) is 0 Å². The Bertz CT molecular complexity index is 694. The molecule has 2 aromatic carbocycles. The van der Waals surface area contributed by atoms with Gasteiger partial charge in [0, 0.05) is 0 Å². The summed E-state index contributed by atoms with van der Waals surface area (Å²) in [6.07, 6.45) is 2.82. The van der Waals surface area contributed by atoms with Gasteiger partial charge in [0.05, 0.1) is 5.30 Å². The van der Waals surface area contributed by atoms with Gasteiger partial charge in [-0.2, -0.15) is 0 Å². The van der Waals surface area contributed by atoms with Crippen LogP contribution in [0.4, 0.5) is 0 Å². The van der Waals surface area contributed by atoms with Crippen LogP contribution in [0, 0.1) is 13.8 Å². The number of aryl methyl sites for hydroxylation is 2. The van der Waals surface area contributed by atoms with Gasteiger partial charge >= 0.3 is 7.60 Å². The average molecular weight is 318 g/mol. The van der Waals surface area contributed by atoms with E-state index in [2.05, 4.69) is 6.92 Å². The molecular formula is C18H23O3P. The normalized spacial score (nSPS) is 13.6. The molecule has 0 heterocycles. The molecule has 0 aliphatic carbocycles. The predicted octanol–water partition coefficient (Wildman–Crippen LogP) is 4.54. The van der Waals surface area contributed by atoms with Crippen molar-refractivity contribution in [2.75, 3.05) is 0 Å². The molecule has 1 N–H and O–H groups in total. The topological polar surface area (TPSA) is 46.5 Å². The van der Waals surface area contributed by atoms with Crippen LogP contribution in [0.25, 0.3) is 0 Å². The Morgan fingerprint density at radius 2 is 1.82 bits per heavy atom. The van der Waals surface area contributed by atoms with Crippen molar-refractivity contribution in [2.45, 2.75) is 40.0 Å². The van der Waals surface area contributed by atoms with E-state index in [9.17, 15) is 9.46 Å². The molecule has 0 amide bonds. The first-order valence-corrected chi connectivity index (χ1v) is 9.20. The van der Waals surface area contributed by atoms with Gasteiger partial charge in [-0.25, -0.2) is 4.57 Å². The summed E-state index contributed by atoms with van der Waals surface area (Å²) < 4.78 is 18.3. The van der Waals surface area contributed by atoms with Crippen LogP contribution < -0.4 is 9.83 Å². The van der Waals surface area contributed by atoms with E-state index in [0.717, 1.165) is 36.0 Å². The highest BCUT2D eigenvalue weighted by atomic mass is 31.2. The van der Waals surface area contributed by atoms with Gasteiger partial charge in [-0.15, -0.1) is 0 Å². The van der Waals surface area contributed by atoms with E-state index in [1.165, 1.54) is 0 Å². The van der Waals surface area contributed by atoms with E-state index < -0.39 is 7.60 Å². The molecule has 3 nitrogen and oxygen atoms in total. The van der Waals surface area contributed by atoms with Crippen molar-refractivity contribution in [3.8, 4) is 5.75 Å². The molecule has 0 fully saturated rings. The third-order valence-electron chi connectivity index (χ3n) is 3.87. The fourth-order valence-corrected chi connectivity index (χ4v) is 3.76. The van der Waals surface area contributed by atoms with Crippen LogP contribution >= 0.6 is 7.60 Å². The molecule has 118 valence electrons. The minimum absolute atomic E-state index is 0.407. The molecular weight excluding hydrogens is 295 g/mol. The minimum Gasteiger partial charge on any atom is -0.421 e. The molecule has 0 bridgehead atoms. The van der Waals surface area contributed by atoms with Crippen LogP contribution in [-0.4, -0.2) is 4.89 Å². The second-order valence-corrected chi connectivity index (χ2v) is 7.25. The zero-order chi connectivity index (χ0) is 16.2. The molecule has 0 aliphatic heterocycles. The molecule has 0 aromatic heterocycles. The Balaban J connectivity index is 2.34. The van der Waals surface area contributed by atoms with E-state index in [1.807, 2.05) is 38.1 Å². The van der Waals surface area contributed by atoms with Gasteiger partial charge in [0.1, 0.15) is 5.75 Å². The van der Waals surface area contributed by atoms with Gasteiger partial charge in [-0.3, -0.25) is 0 Å². The quantitative estimate of drug-likeness (QED) is 0.796. The Morgan fingerprint density at radius 1 is 1.09 bits per heavy atom. The summed E-state index contributed by atoms with van der Waals surface area (Å²) in [7, 11) is -3.89. The van der Waals surface area contributed by atoms with E-state index in [4.69, 9.17) is 4.52 Å². The van der Waals surface area contributed by atoms with Gasteiger partial charge < -0.3 is 9.42 Å². The molecule has 0 spiro atoms. The van der Waals surface area contributed by atoms with Crippen molar-refractivity contribution in [2.24, 2.45) is 0 Å². The van der Waals surface area contributed by atoms with Crippen LogP contribution in [0.5, 0.6) is 5.75 Å². The molecule has 0 radical (unpaired) electrons. The first-order chi connectivity index (χ1) is 10.5. The summed E-state index contributed by atoms with van der Waals surface area (Å²) in [5.41, 5.74) is 2.82. The third kappa shape index (κ3) is 3.79. The van der Waals surface area contributed by atoms with Crippen LogP contribution in [0.3, 0.4) is 0 Å². The highest BCUT2D eigenvalue weighted by Crippen LogP contribution is 2.44. The standard InChI is InChI=1S/C18H23O3P/c1-4-5-10-16-11-6-7-13-18(16)22(19,20)21-17-12-8-9-14(2)15(17)3/h6-9,11-13H,4-5,10H2,1-3H3,(H,19,20). The van der Waals surface area contributed by atoms with Crippen molar-refractivity contribution in [3.63, 3.8) is 0 Å². The smallest absolute Gasteiger partial charge is 0.408 e. The number of hydrogen-bond acceptors (Lipinski definition) is 2. The number of rotatable bonds is 6. The molecule has 1 unspecified atom stereocenters. The van der Waals surface area contributed by atoms with Crippen molar-refractivity contribution >= 4 is 12.9 Å². The lowest BCUT2D eigenvalue weighted by Crippen LogP contribution is -2.15. The Morgan fingerprint density at radius 3 is 2.55 bits per heavy atom. The minimum atomic E-state index is -3.89. The van der Waals surface area contributed by atoms with Crippen molar-refractivity contribution < 1.29 is 14.0 Å². The average Bonchev–Trinajstić information content (AvgIpc) is 2.50. The fraction of sp³-hybridized carbons (Fsp3) is 0.333. The van der Waals surface area contributed by atoms with E-state index >= 15 is 0 Å². The number of unbranched alkanes of at least 4 members (excludes halogenated alkanes) is 1. The van der Waals surface area contributed by atoms with Crippen LogP contribution in [0.1, 0.15) is 36.5 Å². The Kier molecular flexibility index (Phi) is 5.44. The summed E-state index contributed by atoms with van der Waals surface area (Å²) in [4.78, 5) is 10.5. The Labute approximate surface area is 132 Å². The summed E-state index contributed by atoms with van der Waals surface area (Å²) in [6.45, 7) is 5.96. The lowest BCUT2D eigenvalue weighted by atomic mass is 10.1. The third-order valence-corrected chi connectivity index (χ3v) is 5.36. The fourth-order valence-electron chi connectivity index (χ4n) is 2.37. The molecule has 0 saturated carbocycles. The second kappa shape index (κ2) is 7.13. The number of hydrogen-bond donors (Lipinski definition) is 1. The summed E-state index contributed by atoms with van der Waals surface area (Å²) >= 11 is 0. The zero-order valence-corrected chi connectivity index (χ0v) is 14.3. The van der Waals surface area contributed by atoms with Crippen LogP contribution in [-0.2, 0) is 11.0 Å². The lowest BCUT2D eigenvalue weighted by molar-refractivity contribution is 0.392. The maximum Gasteiger partial charge on any atom is 0.408 e. The highest BCUT2D eigenvalue weighted by molar-refractivity contribution is 7.61. The first-order valence-electron chi connectivity index (χ1n) is 7.62. The van der Waals surface area contributed by atoms with E-state index in [0.29, 0.717) is 11.1 Å². The van der Waals surface area contributed by atoms with E-state index in [1.54, 1.807) is 18.2 Å². The maximum atomic E-state index is 12.8. The second-order valence-electron chi connectivity index (χ2n) is 5.54. The lowest BCUT2D eigenvalue weighted by Gasteiger charge is -2.18. The highest BCUT2D eigenvalue weighted by Gasteiger charge is 2.27. The maximum absolute atomic E-state index is 12.8.